The van der Waals surface area contributed by atoms with Crippen LogP contribution in [0.2, 0.25) is 0 Å². The predicted octanol–water partition coefficient (Wildman–Crippen LogP) is 3.08. The molecule has 1 amide bonds. The monoisotopic (exact) mass is 335 g/mol. The Hall–Kier alpha value is -1.37. The molecule has 0 spiro atoms. The molecule has 2 fully saturated rings. The van der Waals surface area contributed by atoms with Crippen LogP contribution in [0, 0.1) is 0 Å². The molecule has 2 aliphatic rings. The van der Waals surface area contributed by atoms with Gasteiger partial charge in [0.05, 0.1) is 24.7 Å². The lowest BCUT2D eigenvalue weighted by Crippen LogP contribution is -2.35. The maximum absolute atomic E-state index is 12.5. The number of carbonyl (C=O) groups excluding carboxylic acids is 1. The van der Waals surface area contributed by atoms with Gasteiger partial charge >= 0.3 is 0 Å². The number of hydrogen-bond acceptors (Lipinski definition) is 5. The summed E-state index contributed by atoms with van der Waals surface area (Å²) < 4.78 is 11.4. The lowest BCUT2D eigenvalue weighted by Gasteiger charge is -2.18. The van der Waals surface area contributed by atoms with Crippen molar-refractivity contribution >= 4 is 40.3 Å². The molecule has 0 N–H and O–H groups in total. The second kappa shape index (κ2) is 6.81. The van der Waals surface area contributed by atoms with Crippen LogP contribution in [0.15, 0.2) is 29.2 Å². The summed E-state index contributed by atoms with van der Waals surface area (Å²) in [5.41, 5.74) is 0.928. The second-order valence-electron chi connectivity index (χ2n) is 5.20. The number of carbonyl (C=O) groups is 1. The minimum absolute atomic E-state index is 0.0340. The van der Waals surface area contributed by atoms with E-state index in [1.807, 2.05) is 30.3 Å². The van der Waals surface area contributed by atoms with Crippen LogP contribution in [0.5, 0.6) is 5.75 Å². The molecule has 0 radical (unpaired) electrons. The van der Waals surface area contributed by atoms with E-state index in [1.54, 1.807) is 12.0 Å². The molecule has 0 aromatic heterocycles. The summed E-state index contributed by atoms with van der Waals surface area (Å²) in [7, 11) is 1.63. The second-order valence-corrected chi connectivity index (χ2v) is 6.88. The molecular weight excluding hydrogens is 318 g/mol. The van der Waals surface area contributed by atoms with E-state index in [-0.39, 0.29) is 12.0 Å². The molecule has 0 bridgehead atoms. The summed E-state index contributed by atoms with van der Waals surface area (Å²) in [6.45, 7) is 1.33. The van der Waals surface area contributed by atoms with Crippen LogP contribution in [0.3, 0.4) is 0 Å². The molecular formula is C16H17NO3S2. The third-order valence-electron chi connectivity index (χ3n) is 3.68. The Balaban J connectivity index is 1.75. The summed E-state index contributed by atoms with van der Waals surface area (Å²) in [5, 5.41) is 0. The van der Waals surface area contributed by atoms with Crippen LogP contribution in [0.4, 0.5) is 0 Å². The first-order valence-electron chi connectivity index (χ1n) is 7.18. The summed E-state index contributed by atoms with van der Waals surface area (Å²) in [4.78, 5) is 14.8. The number of thioether (sulfide) groups is 1. The number of benzene rings is 1. The normalized spacial score (nSPS) is 23.6. The van der Waals surface area contributed by atoms with Crippen molar-refractivity contribution in [2.24, 2.45) is 0 Å². The number of amides is 1. The van der Waals surface area contributed by atoms with Crippen LogP contribution >= 0.6 is 24.0 Å². The number of ether oxygens (including phenoxy) is 2. The first-order chi connectivity index (χ1) is 10.7. The fourth-order valence-corrected chi connectivity index (χ4v) is 3.81. The summed E-state index contributed by atoms with van der Waals surface area (Å²) >= 11 is 6.69. The summed E-state index contributed by atoms with van der Waals surface area (Å²) in [5.74, 6) is 0.733. The van der Waals surface area contributed by atoms with Gasteiger partial charge in [-0.3, -0.25) is 9.69 Å². The minimum Gasteiger partial charge on any atom is -0.497 e. The van der Waals surface area contributed by atoms with Crippen LogP contribution in [-0.2, 0) is 9.53 Å². The SMILES string of the molecule is COc1cccc(/C=C2\SC(=S)N(C[C@H]3CCCO3)C2=O)c1. The van der Waals surface area contributed by atoms with Gasteiger partial charge in [-0.2, -0.15) is 0 Å². The Labute approximate surface area is 139 Å². The molecule has 22 heavy (non-hydrogen) atoms. The standard InChI is InChI=1S/C16H17NO3S2/c1-19-12-5-2-4-11(8-12)9-14-15(18)17(16(21)22-14)10-13-6-3-7-20-13/h2,4-5,8-9,13H,3,6-7,10H2,1H3/b14-9-/t13-/m1/s1. The van der Waals surface area contributed by atoms with Crippen molar-refractivity contribution in [3.05, 3.63) is 34.7 Å². The van der Waals surface area contributed by atoms with Crippen molar-refractivity contribution in [3.8, 4) is 5.75 Å². The van der Waals surface area contributed by atoms with Gasteiger partial charge < -0.3 is 9.47 Å². The van der Waals surface area contributed by atoms with Crippen molar-refractivity contribution in [2.45, 2.75) is 18.9 Å². The van der Waals surface area contributed by atoms with E-state index in [1.165, 1.54) is 11.8 Å². The Morgan fingerprint density at radius 1 is 1.55 bits per heavy atom. The van der Waals surface area contributed by atoms with Crippen LogP contribution in [0.25, 0.3) is 6.08 Å². The highest BCUT2D eigenvalue weighted by molar-refractivity contribution is 8.26. The first kappa shape index (κ1) is 15.5. The molecule has 6 heteroatoms. The Morgan fingerprint density at radius 2 is 2.41 bits per heavy atom. The first-order valence-corrected chi connectivity index (χ1v) is 8.41. The number of thiocarbonyl (C=S) groups is 1. The predicted molar refractivity (Wildman–Crippen MR) is 91.8 cm³/mol. The van der Waals surface area contributed by atoms with Gasteiger partial charge in [0.15, 0.2) is 0 Å². The number of nitrogens with zero attached hydrogens (tertiary/aromatic N) is 1. The molecule has 2 heterocycles. The van der Waals surface area contributed by atoms with Crippen molar-refractivity contribution in [2.75, 3.05) is 20.3 Å². The molecule has 4 nitrogen and oxygen atoms in total. The fourth-order valence-electron chi connectivity index (χ4n) is 2.53. The van der Waals surface area contributed by atoms with Crippen molar-refractivity contribution in [1.82, 2.24) is 4.90 Å². The zero-order chi connectivity index (χ0) is 15.5. The lowest BCUT2D eigenvalue weighted by atomic mass is 10.2. The Bertz CT molecular complexity index is 624. The number of methoxy groups -OCH3 is 1. The molecule has 3 rings (SSSR count). The van der Waals surface area contributed by atoms with Gasteiger partial charge in [-0.25, -0.2) is 0 Å². The highest BCUT2D eigenvalue weighted by atomic mass is 32.2. The third-order valence-corrected chi connectivity index (χ3v) is 5.05. The average molecular weight is 335 g/mol. The van der Waals surface area contributed by atoms with Gasteiger partial charge in [0.1, 0.15) is 10.1 Å². The Morgan fingerprint density at radius 3 is 3.14 bits per heavy atom. The summed E-state index contributed by atoms with van der Waals surface area (Å²) in [6, 6.07) is 7.61. The lowest BCUT2D eigenvalue weighted by molar-refractivity contribution is -0.123. The molecule has 1 aromatic carbocycles. The highest BCUT2D eigenvalue weighted by Crippen LogP contribution is 2.33. The maximum atomic E-state index is 12.5. The van der Waals surface area contributed by atoms with E-state index in [2.05, 4.69) is 0 Å². The highest BCUT2D eigenvalue weighted by Gasteiger charge is 2.34. The minimum atomic E-state index is -0.0340. The van der Waals surface area contributed by atoms with Gasteiger partial charge in [0, 0.05) is 6.61 Å². The quantitative estimate of drug-likeness (QED) is 0.624. The largest absolute Gasteiger partial charge is 0.497 e. The zero-order valence-corrected chi connectivity index (χ0v) is 13.9. The van der Waals surface area contributed by atoms with Crippen LogP contribution in [-0.4, -0.2) is 41.5 Å². The number of hydrogen-bond donors (Lipinski definition) is 0. The van der Waals surface area contributed by atoms with E-state index < -0.39 is 0 Å². The van der Waals surface area contributed by atoms with Gasteiger partial charge in [-0.05, 0) is 36.6 Å². The van der Waals surface area contributed by atoms with Crippen molar-refractivity contribution < 1.29 is 14.3 Å². The third kappa shape index (κ3) is 3.34. The maximum Gasteiger partial charge on any atom is 0.266 e. The van der Waals surface area contributed by atoms with Crippen LogP contribution in [0.1, 0.15) is 18.4 Å². The Kier molecular flexibility index (Phi) is 4.81. The van der Waals surface area contributed by atoms with Gasteiger partial charge in [0.25, 0.3) is 5.91 Å². The molecule has 2 aliphatic heterocycles. The van der Waals surface area contributed by atoms with Crippen LogP contribution < -0.4 is 4.74 Å². The molecule has 1 aromatic rings. The average Bonchev–Trinajstić information content (AvgIpc) is 3.12. The van der Waals surface area contributed by atoms with E-state index in [9.17, 15) is 4.79 Å². The number of rotatable bonds is 4. The van der Waals surface area contributed by atoms with E-state index >= 15 is 0 Å². The van der Waals surface area contributed by atoms with Crippen molar-refractivity contribution in [3.63, 3.8) is 0 Å². The summed E-state index contributed by atoms with van der Waals surface area (Å²) in [6.07, 6.45) is 4.02. The molecule has 0 unspecified atom stereocenters. The zero-order valence-electron chi connectivity index (χ0n) is 12.3. The molecule has 0 aliphatic carbocycles. The van der Waals surface area contributed by atoms with E-state index in [0.29, 0.717) is 15.8 Å². The smallest absolute Gasteiger partial charge is 0.266 e. The molecule has 0 saturated carbocycles. The fraction of sp³-hybridized carbons (Fsp3) is 0.375. The van der Waals surface area contributed by atoms with Gasteiger partial charge in [0.2, 0.25) is 0 Å². The van der Waals surface area contributed by atoms with Gasteiger partial charge in [-0.1, -0.05) is 36.1 Å². The van der Waals surface area contributed by atoms with Gasteiger partial charge in [-0.15, -0.1) is 0 Å². The topological polar surface area (TPSA) is 38.8 Å². The molecule has 1 atom stereocenters. The van der Waals surface area contributed by atoms with E-state index in [0.717, 1.165) is 30.8 Å². The van der Waals surface area contributed by atoms with Crippen molar-refractivity contribution in [1.29, 1.82) is 0 Å². The molecule has 2 saturated heterocycles. The molecule has 116 valence electrons. The van der Waals surface area contributed by atoms with E-state index in [4.69, 9.17) is 21.7 Å².